The normalized spacial score (nSPS) is 17.7. The van der Waals surface area contributed by atoms with E-state index in [1.165, 1.54) is 41.8 Å². The van der Waals surface area contributed by atoms with Gasteiger partial charge in [-0.1, -0.05) is 0 Å². The largest absolute Gasteiger partial charge is 0.417 e. The van der Waals surface area contributed by atoms with Gasteiger partial charge in [0.05, 0.1) is 28.4 Å². The lowest BCUT2D eigenvalue weighted by molar-refractivity contribution is -0.137. The zero-order chi connectivity index (χ0) is 27.1. The van der Waals surface area contributed by atoms with Crippen molar-refractivity contribution in [3.63, 3.8) is 0 Å². The van der Waals surface area contributed by atoms with Crippen LogP contribution in [0.3, 0.4) is 0 Å². The van der Waals surface area contributed by atoms with Crippen LogP contribution < -0.4 is 15.1 Å². The fourth-order valence-corrected chi connectivity index (χ4v) is 5.06. The monoisotopic (exact) mass is 535 g/mol. The molecule has 194 valence electrons. The van der Waals surface area contributed by atoms with E-state index >= 15 is 4.39 Å². The fraction of sp³-hybridized carbons (Fsp3) is 0.333. The van der Waals surface area contributed by atoms with E-state index in [-0.39, 0.29) is 33.3 Å². The first kappa shape index (κ1) is 26.3. The van der Waals surface area contributed by atoms with Gasteiger partial charge in [0, 0.05) is 31.9 Å². The number of carbonyl (C=O) groups excluding carboxylic acids is 2. The van der Waals surface area contributed by atoms with Gasteiger partial charge in [-0.25, -0.2) is 8.60 Å². The number of nitrogens with zero attached hydrogens (tertiary/aromatic N) is 4. The topological polar surface area (TPSA) is 96.7 Å². The van der Waals surface area contributed by atoms with Crippen molar-refractivity contribution in [2.24, 2.45) is 0 Å². The first-order chi connectivity index (χ1) is 17.4. The van der Waals surface area contributed by atoms with Crippen molar-refractivity contribution in [1.29, 1.82) is 5.26 Å². The Labute approximate surface area is 213 Å². The van der Waals surface area contributed by atoms with Crippen LogP contribution in [0.4, 0.5) is 28.9 Å². The van der Waals surface area contributed by atoms with Gasteiger partial charge in [-0.15, -0.1) is 0 Å². The maximum Gasteiger partial charge on any atom is 0.417 e. The van der Waals surface area contributed by atoms with Crippen LogP contribution in [0.2, 0.25) is 0 Å². The molecule has 2 aliphatic rings. The molecule has 0 aromatic heterocycles. The Morgan fingerprint density at radius 1 is 1.11 bits per heavy atom. The van der Waals surface area contributed by atoms with Crippen LogP contribution in [0, 0.1) is 17.1 Å². The molecule has 2 saturated heterocycles. The lowest BCUT2D eigenvalue weighted by atomic mass is 10.0. The summed E-state index contributed by atoms with van der Waals surface area (Å²) in [7, 11) is 0. The van der Waals surface area contributed by atoms with Crippen molar-refractivity contribution in [3.8, 4) is 6.07 Å². The van der Waals surface area contributed by atoms with Crippen molar-refractivity contribution in [1.82, 2.24) is 10.2 Å². The third-order valence-corrected chi connectivity index (χ3v) is 6.79. The number of hydrogen-bond acceptors (Lipinski definition) is 5. The first-order valence-electron chi connectivity index (χ1n) is 11.1. The van der Waals surface area contributed by atoms with E-state index in [0.29, 0.717) is 32.2 Å². The highest BCUT2D eigenvalue weighted by molar-refractivity contribution is 7.67. The maximum absolute atomic E-state index is 15.1. The van der Waals surface area contributed by atoms with Crippen molar-refractivity contribution < 1.29 is 31.4 Å². The zero-order valence-electron chi connectivity index (χ0n) is 19.7. The Morgan fingerprint density at radius 2 is 1.76 bits per heavy atom. The molecule has 0 unspecified atom stereocenters. The second-order valence-corrected chi connectivity index (χ2v) is 9.48. The van der Waals surface area contributed by atoms with E-state index < -0.39 is 40.5 Å². The van der Waals surface area contributed by atoms with Crippen molar-refractivity contribution >= 4 is 39.6 Å². The van der Waals surface area contributed by atoms with Crippen LogP contribution in [-0.4, -0.2) is 57.8 Å². The zero-order valence-corrected chi connectivity index (χ0v) is 20.5. The molecule has 2 aromatic rings. The number of piperazine rings is 1. The lowest BCUT2D eigenvalue weighted by Gasteiger charge is -2.30. The van der Waals surface area contributed by atoms with Gasteiger partial charge in [0.25, 0.3) is 11.8 Å². The molecule has 2 heterocycles. The summed E-state index contributed by atoms with van der Waals surface area (Å²) in [5.41, 5.74) is -3.76. The molecule has 2 aromatic carbocycles. The number of alkyl halides is 3. The maximum atomic E-state index is 15.1. The minimum atomic E-state index is -4.88. The molecule has 0 spiro atoms. The smallest absolute Gasteiger partial charge is 0.336 e. The molecular formula is C24H21F4N5O3S. The van der Waals surface area contributed by atoms with Crippen LogP contribution in [0.5, 0.6) is 0 Å². The third-order valence-electron chi connectivity index (χ3n) is 6.28. The van der Waals surface area contributed by atoms with E-state index in [1.807, 2.05) is 0 Å². The number of nitrogens with one attached hydrogen (secondary N) is 1. The van der Waals surface area contributed by atoms with Crippen molar-refractivity contribution in [2.45, 2.75) is 25.6 Å². The molecule has 0 atom stereocenters. The molecule has 1 N–H and O–H groups in total. The third kappa shape index (κ3) is 4.58. The lowest BCUT2D eigenvalue weighted by Crippen LogP contribution is -2.46. The highest BCUT2D eigenvalue weighted by Gasteiger charge is 2.51. The molecular weight excluding hydrogens is 514 g/mol. The Morgan fingerprint density at radius 3 is 2.32 bits per heavy atom. The number of hydrogen-bond donors (Lipinski definition) is 1. The minimum absolute atomic E-state index is 0.0678. The molecule has 8 nitrogen and oxygen atoms in total. The van der Waals surface area contributed by atoms with Crippen LogP contribution in [-0.2, 0) is 22.2 Å². The van der Waals surface area contributed by atoms with Gasteiger partial charge in [0.15, 0.2) is 0 Å². The van der Waals surface area contributed by atoms with E-state index in [1.54, 1.807) is 0 Å². The second kappa shape index (κ2) is 9.60. The highest BCUT2D eigenvalue weighted by atomic mass is 32.1. The van der Waals surface area contributed by atoms with Gasteiger partial charge in [-0.05, 0) is 50.2 Å². The molecule has 0 saturated carbocycles. The SMILES string of the molecule is CC1(C)C(=O)N(c2ccc(C#N)c(C(F)(F)F)c2)C(=S=O)N1c1ccc(C(=O)N2CCNCC2)c(F)c1. The molecule has 13 heteroatoms. The van der Waals surface area contributed by atoms with Gasteiger partial charge < -0.3 is 15.1 Å². The predicted octanol–water partition coefficient (Wildman–Crippen LogP) is 2.69. The number of nitriles is 1. The van der Waals surface area contributed by atoms with Gasteiger partial charge in [-0.2, -0.15) is 18.4 Å². The average Bonchev–Trinajstić information content (AvgIpc) is 3.07. The molecule has 0 radical (unpaired) electrons. The van der Waals surface area contributed by atoms with E-state index in [9.17, 15) is 27.0 Å². The molecule has 37 heavy (non-hydrogen) atoms. The molecule has 0 aliphatic carbocycles. The van der Waals surface area contributed by atoms with Gasteiger partial charge in [-0.3, -0.25) is 14.5 Å². The number of benzene rings is 2. The Kier molecular flexibility index (Phi) is 6.83. The molecule has 4 rings (SSSR count). The van der Waals surface area contributed by atoms with Gasteiger partial charge in [0.1, 0.15) is 22.6 Å². The van der Waals surface area contributed by atoms with Gasteiger partial charge >= 0.3 is 6.18 Å². The number of halogens is 4. The summed E-state index contributed by atoms with van der Waals surface area (Å²) >= 11 is -0.146. The molecule has 2 aliphatic heterocycles. The summed E-state index contributed by atoms with van der Waals surface area (Å²) in [6.45, 7) is 4.87. The molecule has 2 amide bonds. The summed E-state index contributed by atoms with van der Waals surface area (Å²) in [6, 6.07) is 7.81. The Hall–Kier alpha value is -3.76. The Balaban J connectivity index is 1.75. The number of rotatable bonds is 3. The molecule has 0 bridgehead atoms. The summed E-state index contributed by atoms with van der Waals surface area (Å²) < 4.78 is 68.0. The van der Waals surface area contributed by atoms with Crippen LogP contribution in [0.15, 0.2) is 36.4 Å². The van der Waals surface area contributed by atoms with Crippen molar-refractivity contribution in [3.05, 3.63) is 58.9 Å². The van der Waals surface area contributed by atoms with Crippen LogP contribution in [0.25, 0.3) is 0 Å². The highest BCUT2D eigenvalue weighted by Crippen LogP contribution is 2.39. The fourth-order valence-electron chi connectivity index (χ4n) is 4.39. The van der Waals surface area contributed by atoms with E-state index in [2.05, 4.69) is 5.32 Å². The predicted molar refractivity (Wildman–Crippen MR) is 129 cm³/mol. The summed E-state index contributed by atoms with van der Waals surface area (Å²) in [5.74, 6) is -2.09. The molecule has 2 fully saturated rings. The number of amides is 2. The standard InChI is InChI=1S/C24H21F4N5O3S/c1-23(2)21(35)32(15-4-3-14(13-29)18(11-15)24(26,27)28)22(37-36)33(23)16-5-6-17(19(25)12-16)20(34)31-9-7-30-8-10-31/h3-6,11-12,30H,7-10H2,1-2H3. The number of anilines is 2. The number of carbonyl (C=O) groups is 2. The summed E-state index contributed by atoms with van der Waals surface area (Å²) in [5, 5.41) is 11.9. The summed E-state index contributed by atoms with van der Waals surface area (Å²) in [6.07, 6.45) is -4.88. The minimum Gasteiger partial charge on any atom is -0.336 e. The van der Waals surface area contributed by atoms with E-state index in [0.717, 1.165) is 23.1 Å². The second-order valence-electron chi connectivity index (χ2n) is 8.95. The quantitative estimate of drug-likeness (QED) is 0.480. The van der Waals surface area contributed by atoms with Crippen LogP contribution in [0.1, 0.15) is 35.3 Å². The Bertz CT molecular complexity index is 1380. The van der Waals surface area contributed by atoms with Crippen LogP contribution >= 0.6 is 0 Å². The summed E-state index contributed by atoms with van der Waals surface area (Å²) in [4.78, 5) is 29.7. The van der Waals surface area contributed by atoms with Gasteiger partial charge in [0.2, 0.25) is 5.11 Å². The van der Waals surface area contributed by atoms with E-state index in [4.69, 9.17) is 5.26 Å². The average molecular weight is 536 g/mol. The van der Waals surface area contributed by atoms with Crippen molar-refractivity contribution in [2.75, 3.05) is 36.0 Å². The first-order valence-corrected chi connectivity index (χ1v) is 11.9.